The molecule has 2 fully saturated rings. The Labute approximate surface area is 78.8 Å². The second kappa shape index (κ2) is 3.56. The zero-order chi connectivity index (χ0) is 9.26. The van der Waals surface area contributed by atoms with Gasteiger partial charge in [0, 0.05) is 6.04 Å². The highest BCUT2D eigenvalue weighted by Crippen LogP contribution is 2.44. The lowest BCUT2D eigenvalue weighted by Gasteiger charge is -2.22. The van der Waals surface area contributed by atoms with E-state index < -0.39 is 0 Å². The minimum Gasteiger partial charge on any atom is -0.450 e. The zero-order valence-corrected chi connectivity index (χ0v) is 8.08. The van der Waals surface area contributed by atoms with Gasteiger partial charge >= 0.3 is 6.09 Å². The van der Waals surface area contributed by atoms with E-state index in [1.54, 1.807) is 0 Å². The van der Waals surface area contributed by atoms with E-state index in [9.17, 15) is 4.79 Å². The minimum absolute atomic E-state index is 0.236. The van der Waals surface area contributed by atoms with Crippen molar-refractivity contribution in [2.75, 3.05) is 6.61 Å². The van der Waals surface area contributed by atoms with Crippen LogP contribution in [0.4, 0.5) is 4.79 Å². The molecule has 1 amide bonds. The standard InChI is InChI=1S/C10H17NO2/c1-2-13-10(12)11-9-6-7-3-4-8(9)5-7/h7-9H,2-6H2,1H3,(H,11,12)/t7-,8-,9-/m0/s1. The molecule has 2 rings (SSSR count). The molecule has 0 spiro atoms. The molecule has 3 nitrogen and oxygen atoms in total. The number of hydrogen-bond donors (Lipinski definition) is 1. The molecule has 0 aromatic rings. The lowest BCUT2D eigenvalue weighted by atomic mass is 9.96. The Morgan fingerprint density at radius 1 is 1.46 bits per heavy atom. The van der Waals surface area contributed by atoms with E-state index in [0.29, 0.717) is 12.6 Å². The van der Waals surface area contributed by atoms with Gasteiger partial charge in [-0.3, -0.25) is 0 Å². The Balaban J connectivity index is 1.79. The molecule has 2 saturated carbocycles. The van der Waals surface area contributed by atoms with E-state index in [2.05, 4.69) is 5.32 Å². The summed E-state index contributed by atoms with van der Waals surface area (Å²) in [5.41, 5.74) is 0. The topological polar surface area (TPSA) is 38.3 Å². The van der Waals surface area contributed by atoms with Crippen LogP contribution in [-0.2, 0) is 4.74 Å². The molecule has 74 valence electrons. The van der Waals surface area contributed by atoms with Gasteiger partial charge < -0.3 is 10.1 Å². The maximum absolute atomic E-state index is 11.1. The van der Waals surface area contributed by atoms with Crippen LogP contribution >= 0.6 is 0 Å². The molecule has 2 bridgehead atoms. The number of rotatable bonds is 2. The predicted molar refractivity (Wildman–Crippen MR) is 49.4 cm³/mol. The molecular formula is C10H17NO2. The van der Waals surface area contributed by atoms with Crippen LogP contribution in [0, 0.1) is 11.8 Å². The van der Waals surface area contributed by atoms with Gasteiger partial charge in [-0.25, -0.2) is 4.79 Å². The average molecular weight is 183 g/mol. The third-order valence-corrected chi connectivity index (χ3v) is 3.32. The zero-order valence-electron chi connectivity index (χ0n) is 8.08. The van der Waals surface area contributed by atoms with Gasteiger partial charge in [0.2, 0.25) is 0 Å². The first-order valence-electron chi connectivity index (χ1n) is 5.23. The van der Waals surface area contributed by atoms with Crippen molar-refractivity contribution in [3.8, 4) is 0 Å². The van der Waals surface area contributed by atoms with Crippen molar-refractivity contribution in [1.29, 1.82) is 0 Å². The fraction of sp³-hybridized carbons (Fsp3) is 0.900. The largest absolute Gasteiger partial charge is 0.450 e. The first-order valence-corrected chi connectivity index (χ1v) is 5.23. The van der Waals surface area contributed by atoms with E-state index in [1.807, 2.05) is 6.92 Å². The summed E-state index contributed by atoms with van der Waals surface area (Å²) < 4.78 is 4.86. The van der Waals surface area contributed by atoms with Gasteiger partial charge in [-0.15, -0.1) is 0 Å². The van der Waals surface area contributed by atoms with Crippen molar-refractivity contribution in [3.63, 3.8) is 0 Å². The van der Waals surface area contributed by atoms with Crippen LogP contribution in [0.1, 0.15) is 32.6 Å². The molecule has 2 aliphatic rings. The van der Waals surface area contributed by atoms with Crippen LogP contribution in [0.3, 0.4) is 0 Å². The summed E-state index contributed by atoms with van der Waals surface area (Å²) in [6.07, 6.45) is 4.91. The number of alkyl carbamates (subject to hydrolysis) is 1. The Morgan fingerprint density at radius 2 is 2.31 bits per heavy atom. The quantitative estimate of drug-likeness (QED) is 0.710. The molecule has 0 radical (unpaired) electrons. The van der Waals surface area contributed by atoms with E-state index in [4.69, 9.17) is 4.74 Å². The van der Waals surface area contributed by atoms with Crippen molar-refractivity contribution in [3.05, 3.63) is 0 Å². The maximum atomic E-state index is 11.1. The second-order valence-electron chi connectivity index (χ2n) is 4.15. The molecule has 0 heterocycles. The molecule has 0 aromatic heterocycles. The Morgan fingerprint density at radius 3 is 2.85 bits per heavy atom. The molecule has 3 heteroatoms. The second-order valence-corrected chi connectivity index (χ2v) is 4.15. The van der Waals surface area contributed by atoms with Crippen LogP contribution < -0.4 is 5.32 Å². The number of carbonyl (C=O) groups excluding carboxylic acids is 1. The first kappa shape index (κ1) is 8.85. The highest BCUT2D eigenvalue weighted by Gasteiger charge is 2.40. The van der Waals surface area contributed by atoms with Crippen LogP contribution in [0.2, 0.25) is 0 Å². The van der Waals surface area contributed by atoms with Gasteiger partial charge in [0.1, 0.15) is 0 Å². The van der Waals surface area contributed by atoms with Crippen molar-refractivity contribution in [2.45, 2.75) is 38.6 Å². The van der Waals surface area contributed by atoms with Crippen LogP contribution in [-0.4, -0.2) is 18.7 Å². The third kappa shape index (κ3) is 1.79. The molecular weight excluding hydrogens is 166 g/mol. The summed E-state index contributed by atoms with van der Waals surface area (Å²) in [7, 11) is 0. The lowest BCUT2D eigenvalue weighted by molar-refractivity contribution is 0.143. The van der Waals surface area contributed by atoms with Crippen LogP contribution in [0.25, 0.3) is 0 Å². The Kier molecular flexibility index (Phi) is 2.42. The lowest BCUT2D eigenvalue weighted by Crippen LogP contribution is -2.38. The van der Waals surface area contributed by atoms with E-state index in [0.717, 1.165) is 11.8 Å². The van der Waals surface area contributed by atoms with Crippen LogP contribution in [0.15, 0.2) is 0 Å². The average Bonchev–Trinajstić information content (AvgIpc) is 2.65. The highest BCUT2D eigenvalue weighted by molar-refractivity contribution is 5.67. The van der Waals surface area contributed by atoms with Crippen molar-refractivity contribution in [2.24, 2.45) is 11.8 Å². The van der Waals surface area contributed by atoms with Crippen molar-refractivity contribution < 1.29 is 9.53 Å². The van der Waals surface area contributed by atoms with Gasteiger partial charge in [0.05, 0.1) is 6.61 Å². The molecule has 0 aromatic carbocycles. The Bertz CT molecular complexity index is 205. The Hall–Kier alpha value is -0.730. The number of amides is 1. The molecule has 0 saturated heterocycles. The molecule has 2 aliphatic carbocycles. The van der Waals surface area contributed by atoms with Crippen molar-refractivity contribution >= 4 is 6.09 Å². The molecule has 3 atom stereocenters. The number of ether oxygens (including phenoxy) is 1. The fourth-order valence-corrected chi connectivity index (χ4v) is 2.75. The van der Waals surface area contributed by atoms with Gasteiger partial charge in [-0.2, -0.15) is 0 Å². The summed E-state index contributed by atoms with van der Waals surface area (Å²) in [6.45, 7) is 2.30. The summed E-state index contributed by atoms with van der Waals surface area (Å²) in [5, 5.41) is 2.95. The van der Waals surface area contributed by atoms with Crippen LogP contribution in [0.5, 0.6) is 0 Å². The van der Waals surface area contributed by atoms with E-state index in [-0.39, 0.29) is 6.09 Å². The number of fused-ring (bicyclic) bond motifs is 2. The summed E-state index contributed by atoms with van der Waals surface area (Å²) in [4.78, 5) is 11.1. The summed E-state index contributed by atoms with van der Waals surface area (Å²) in [6, 6.07) is 0.401. The summed E-state index contributed by atoms with van der Waals surface area (Å²) >= 11 is 0. The molecule has 0 unspecified atom stereocenters. The number of nitrogens with one attached hydrogen (secondary N) is 1. The fourth-order valence-electron chi connectivity index (χ4n) is 2.75. The number of hydrogen-bond acceptors (Lipinski definition) is 2. The van der Waals surface area contributed by atoms with Gasteiger partial charge in [-0.1, -0.05) is 6.42 Å². The molecule has 13 heavy (non-hydrogen) atoms. The van der Waals surface area contributed by atoms with Crippen molar-refractivity contribution in [1.82, 2.24) is 5.32 Å². The maximum Gasteiger partial charge on any atom is 0.407 e. The predicted octanol–water partition coefficient (Wildman–Crippen LogP) is 1.92. The normalized spacial score (nSPS) is 36.2. The third-order valence-electron chi connectivity index (χ3n) is 3.32. The van der Waals surface area contributed by atoms with Gasteiger partial charge in [-0.05, 0) is 38.0 Å². The first-order chi connectivity index (χ1) is 6.29. The van der Waals surface area contributed by atoms with Gasteiger partial charge in [0.15, 0.2) is 0 Å². The molecule has 1 N–H and O–H groups in total. The molecule has 0 aliphatic heterocycles. The number of carbonyl (C=O) groups is 1. The summed E-state index contributed by atoms with van der Waals surface area (Å²) in [5.74, 6) is 1.60. The minimum atomic E-state index is -0.236. The monoisotopic (exact) mass is 183 g/mol. The SMILES string of the molecule is CCOC(=O)N[C@H]1C[C@H]2CC[C@H]1C2. The smallest absolute Gasteiger partial charge is 0.407 e. The highest BCUT2D eigenvalue weighted by atomic mass is 16.5. The van der Waals surface area contributed by atoms with E-state index >= 15 is 0 Å². The van der Waals surface area contributed by atoms with E-state index in [1.165, 1.54) is 25.7 Å². The van der Waals surface area contributed by atoms with Gasteiger partial charge in [0.25, 0.3) is 0 Å².